The fourth-order valence-corrected chi connectivity index (χ4v) is 5.64. The topological polar surface area (TPSA) is 95.6 Å². The van der Waals surface area contributed by atoms with Crippen LogP contribution in [0.5, 0.6) is 0 Å². The van der Waals surface area contributed by atoms with Crippen molar-refractivity contribution < 1.29 is 18.0 Å². The fourth-order valence-electron chi connectivity index (χ4n) is 4.06. The predicted octanol–water partition coefficient (Wildman–Crippen LogP) is 3.69. The van der Waals surface area contributed by atoms with Gasteiger partial charge in [0.05, 0.1) is 22.9 Å². The van der Waals surface area contributed by atoms with Gasteiger partial charge in [-0.05, 0) is 49.3 Å². The normalized spacial score (nSPS) is 16.9. The minimum Gasteiger partial charge on any atom is -0.352 e. The van der Waals surface area contributed by atoms with E-state index in [1.165, 1.54) is 4.31 Å². The number of rotatable bonds is 10. The number of carbonyl (C=O) groups excluding carboxylic acids is 2. The minimum atomic E-state index is -3.44. The molecule has 1 aliphatic rings. The maximum absolute atomic E-state index is 13.0. The number of amides is 2. The van der Waals surface area contributed by atoms with Gasteiger partial charge in [-0.15, -0.1) is 0 Å². The number of para-hydroxylation sites is 1. The largest absolute Gasteiger partial charge is 0.352 e. The highest BCUT2D eigenvalue weighted by atomic mass is 32.2. The fraction of sp³-hybridized carbons (Fsp3) is 0.462. The second-order valence-electron chi connectivity index (χ2n) is 9.24. The second kappa shape index (κ2) is 12.1. The van der Waals surface area contributed by atoms with Gasteiger partial charge >= 0.3 is 0 Å². The zero-order valence-electron chi connectivity index (χ0n) is 20.0. The SMILES string of the molecule is CC(C)CNC(=O)c1ccccc1NC(=O)C1CCCN(S(=O)(=O)CCCc2ccccc2)C1. The van der Waals surface area contributed by atoms with E-state index in [4.69, 9.17) is 0 Å². The molecule has 1 saturated heterocycles. The number of nitrogens with zero attached hydrogens (tertiary/aromatic N) is 1. The summed E-state index contributed by atoms with van der Waals surface area (Å²) in [6.45, 7) is 5.17. The van der Waals surface area contributed by atoms with Crippen molar-refractivity contribution >= 4 is 27.5 Å². The van der Waals surface area contributed by atoms with Gasteiger partial charge in [0.1, 0.15) is 0 Å². The molecule has 1 fully saturated rings. The highest BCUT2D eigenvalue weighted by Gasteiger charge is 2.32. The Morgan fingerprint density at radius 2 is 1.76 bits per heavy atom. The lowest BCUT2D eigenvalue weighted by atomic mass is 9.98. The van der Waals surface area contributed by atoms with Crippen LogP contribution in [-0.2, 0) is 21.2 Å². The maximum atomic E-state index is 13.0. The van der Waals surface area contributed by atoms with Crippen LogP contribution in [-0.4, -0.2) is 49.9 Å². The number of hydrogen-bond donors (Lipinski definition) is 2. The molecule has 2 N–H and O–H groups in total. The van der Waals surface area contributed by atoms with Crippen LogP contribution in [0.3, 0.4) is 0 Å². The molecule has 0 radical (unpaired) electrons. The Labute approximate surface area is 203 Å². The third kappa shape index (κ3) is 7.40. The summed E-state index contributed by atoms with van der Waals surface area (Å²) in [4.78, 5) is 25.6. The third-order valence-electron chi connectivity index (χ3n) is 5.96. The van der Waals surface area contributed by atoms with Gasteiger partial charge in [0.25, 0.3) is 5.91 Å². The van der Waals surface area contributed by atoms with Crippen molar-refractivity contribution in [3.05, 3.63) is 65.7 Å². The standard InChI is InChI=1S/C26H35N3O4S/c1-20(2)18-27-26(31)23-14-6-7-15-24(23)28-25(30)22-13-8-16-29(19-22)34(32,33)17-9-12-21-10-4-3-5-11-21/h3-7,10-11,14-15,20,22H,8-9,12-13,16-19H2,1-2H3,(H,27,31)(H,28,30). The van der Waals surface area contributed by atoms with Crippen LogP contribution >= 0.6 is 0 Å². The molecule has 8 heteroatoms. The molecule has 0 spiro atoms. The Balaban J connectivity index is 1.58. The Bertz CT molecular complexity index is 1070. The molecule has 2 aromatic carbocycles. The molecule has 0 saturated carbocycles. The van der Waals surface area contributed by atoms with E-state index < -0.39 is 15.9 Å². The average molecular weight is 486 g/mol. The minimum absolute atomic E-state index is 0.0646. The van der Waals surface area contributed by atoms with Crippen molar-refractivity contribution in [2.24, 2.45) is 11.8 Å². The number of anilines is 1. The number of hydrogen-bond acceptors (Lipinski definition) is 4. The highest BCUT2D eigenvalue weighted by Crippen LogP contribution is 2.23. The van der Waals surface area contributed by atoms with E-state index in [2.05, 4.69) is 10.6 Å². The summed E-state index contributed by atoms with van der Waals surface area (Å²) in [7, 11) is -3.44. The van der Waals surface area contributed by atoms with Gasteiger partial charge in [-0.1, -0.05) is 56.3 Å². The smallest absolute Gasteiger partial charge is 0.253 e. The molecule has 7 nitrogen and oxygen atoms in total. The zero-order chi connectivity index (χ0) is 24.6. The second-order valence-corrected chi connectivity index (χ2v) is 11.3. The van der Waals surface area contributed by atoms with Gasteiger partial charge in [0.2, 0.25) is 15.9 Å². The van der Waals surface area contributed by atoms with Gasteiger partial charge in [-0.25, -0.2) is 12.7 Å². The molecule has 1 atom stereocenters. The van der Waals surface area contributed by atoms with Gasteiger partial charge in [0, 0.05) is 19.6 Å². The first-order chi connectivity index (χ1) is 16.3. The van der Waals surface area contributed by atoms with Crippen molar-refractivity contribution in [1.82, 2.24) is 9.62 Å². The summed E-state index contributed by atoms with van der Waals surface area (Å²) in [5.41, 5.74) is 1.96. The van der Waals surface area contributed by atoms with Crippen molar-refractivity contribution in [2.75, 3.05) is 30.7 Å². The molecule has 0 aliphatic carbocycles. The lowest BCUT2D eigenvalue weighted by molar-refractivity contribution is -0.120. The van der Waals surface area contributed by atoms with Gasteiger partial charge in [-0.2, -0.15) is 0 Å². The van der Waals surface area contributed by atoms with Crippen molar-refractivity contribution in [2.45, 2.75) is 39.5 Å². The molecule has 1 aliphatic heterocycles. The molecule has 184 valence electrons. The molecule has 0 aromatic heterocycles. The molecule has 2 aromatic rings. The van der Waals surface area contributed by atoms with Gasteiger partial charge in [0.15, 0.2) is 0 Å². The first kappa shape index (κ1) is 25.9. The molecular formula is C26H35N3O4S. The van der Waals surface area contributed by atoms with Crippen LogP contribution in [0.2, 0.25) is 0 Å². The predicted molar refractivity (Wildman–Crippen MR) is 135 cm³/mol. The molecule has 1 heterocycles. The van der Waals surface area contributed by atoms with E-state index >= 15 is 0 Å². The number of aryl methyl sites for hydroxylation is 1. The summed E-state index contributed by atoms with van der Waals surface area (Å²) >= 11 is 0. The lowest BCUT2D eigenvalue weighted by Crippen LogP contribution is -2.44. The molecule has 0 bridgehead atoms. The first-order valence-corrected chi connectivity index (χ1v) is 13.6. The van der Waals surface area contributed by atoms with Gasteiger partial charge < -0.3 is 10.6 Å². The van der Waals surface area contributed by atoms with Crippen LogP contribution in [0, 0.1) is 11.8 Å². The van der Waals surface area contributed by atoms with Gasteiger partial charge in [-0.3, -0.25) is 9.59 Å². The number of sulfonamides is 1. The summed E-state index contributed by atoms with van der Waals surface area (Å²) < 4.78 is 27.3. The summed E-state index contributed by atoms with van der Waals surface area (Å²) in [5.74, 6) is -0.572. The summed E-state index contributed by atoms with van der Waals surface area (Å²) in [5, 5.41) is 5.74. The molecule has 2 amide bonds. The first-order valence-electron chi connectivity index (χ1n) is 12.0. The van der Waals surface area contributed by atoms with Crippen LogP contribution in [0.4, 0.5) is 5.69 Å². The number of nitrogens with one attached hydrogen (secondary N) is 2. The van der Waals surface area contributed by atoms with E-state index in [0.29, 0.717) is 55.9 Å². The van der Waals surface area contributed by atoms with E-state index in [1.807, 2.05) is 44.2 Å². The Kier molecular flexibility index (Phi) is 9.24. The third-order valence-corrected chi connectivity index (χ3v) is 7.88. The average Bonchev–Trinajstić information content (AvgIpc) is 2.83. The molecular weight excluding hydrogens is 450 g/mol. The Morgan fingerprint density at radius 3 is 2.50 bits per heavy atom. The van der Waals surface area contributed by atoms with E-state index in [1.54, 1.807) is 24.3 Å². The monoisotopic (exact) mass is 485 g/mol. The van der Waals surface area contributed by atoms with Crippen molar-refractivity contribution in [1.29, 1.82) is 0 Å². The van der Waals surface area contributed by atoms with Crippen molar-refractivity contribution in [3.8, 4) is 0 Å². The molecule has 34 heavy (non-hydrogen) atoms. The maximum Gasteiger partial charge on any atom is 0.253 e. The van der Waals surface area contributed by atoms with Crippen LogP contribution in [0.1, 0.15) is 49.0 Å². The summed E-state index contributed by atoms with van der Waals surface area (Å²) in [6.07, 6.45) is 2.49. The van der Waals surface area contributed by atoms with E-state index in [9.17, 15) is 18.0 Å². The number of carbonyl (C=O) groups is 2. The lowest BCUT2D eigenvalue weighted by Gasteiger charge is -2.31. The van der Waals surface area contributed by atoms with Crippen molar-refractivity contribution in [3.63, 3.8) is 0 Å². The van der Waals surface area contributed by atoms with E-state index in [-0.39, 0.29) is 24.1 Å². The van der Waals surface area contributed by atoms with Crippen LogP contribution in [0.25, 0.3) is 0 Å². The highest BCUT2D eigenvalue weighted by molar-refractivity contribution is 7.89. The van der Waals surface area contributed by atoms with E-state index in [0.717, 1.165) is 5.56 Å². The quantitative estimate of drug-likeness (QED) is 0.537. The van der Waals surface area contributed by atoms with Crippen LogP contribution in [0.15, 0.2) is 54.6 Å². The number of piperidine rings is 1. The molecule has 3 rings (SSSR count). The Hall–Kier alpha value is -2.71. The number of benzene rings is 2. The summed E-state index contributed by atoms with van der Waals surface area (Å²) in [6, 6.07) is 16.7. The molecule has 1 unspecified atom stereocenters. The Morgan fingerprint density at radius 1 is 1.06 bits per heavy atom. The van der Waals surface area contributed by atoms with Crippen LogP contribution < -0.4 is 10.6 Å². The zero-order valence-corrected chi connectivity index (χ0v) is 20.8.